The van der Waals surface area contributed by atoms with Crippen LogP contribution in [0.25, 0.3) is 33.2 Å². The second-order valence-electron chi connectivity index (χ2n) is 10.1. The number of ether oxygens (including phenoxy) is 2. The Bertz CT molecular complexity index is 1700. The molecular formula is C31H25F6NO2S. The monoisotopic (exact) mass is 589 g/mol. The van der Waals surface area contributed by atoms with E-state index in [-0.39, 0.29) is 27.1 Å². The Labute approximate surface area is 236 Å². The summed E-state index contributed by atoms with van der Waals surface area (Å²) in [6, 6.07) is 17.8. The summed E-state index contributed by atoms with van der Waals surface area (Å²) in [6.07, 6.45) is 0.987. The van der Waals surface area contributed by atoms with E-state index >= 15 is 26.3 Å². The first-order valence-corrected chi connectivity index (χ1v) is 14.1. The molecule has 0 amide bonds. The summed E-state index contributed by atoms with van der Waals surface area (Å²) in [6.45, 7) is 2.31. The highest BCUT2D eigenvalue weighted by Crippen LogP contribution is 2.66. The third kappa shape index (κ3) is 3.98. The molecule has 0 N–H and O–H groups in total. The quantitative estimate of drug-likeness (QED) is 0.172. The summed E-state index contributed by atoms with van der Waals surface area (Å²) in [4.78, 5) is 0.172. The van der Waals surface area contributed by atoms with E-state index in [0.29, 0.717) is 35.4 Å². The fraction of sp³-hybridized carbons (Fsp3) is 0.290. The summed E-state index contributed by atoms with van der Waals surface area (Å²) in [5.74, 6) is -16.0. The number of halogens is 6. The zero-order valence-electron chi connectivity index (χ0n) is 22.3. The highest BCUT2D eigenvalue weighted by Gasteiger charge is 2.80. The van der Waals surface area contributed by atoms with E-state index in [1.54, 1.807) is 66.4 Å². The Kier molecular flexibility index (Phi) is 6.59. The van der Waals surface area contributed by atoms with Gasteiger partial charge in [-0.15, -0.1) is 11.8 Å². The van der Waals surface area contributed by atoms with Crippen molar-refractivity contribution < 1.29 is 35.8 Å². The predicted molar refractivity (Wildman–Crippen MR) is 148 cm³/mol. The zero-order chi connectivity index (χ0) is 29.3. The SMILES string of the molecule is CSc1ccc(-c2cccc(C3OCCO3)c2)cc1C1=C(c2c(C)n(C)c3ccccc23)C(F)(F)C(F)(F)C1(F)F. The van der Waals surface area contributed by atoms with Crippen LogP contribution in [0, 0.1) is 6.92 Å². The zero-order valence-corrected chi connectivity index (χ0v) is 23.1. The number of alkyl halides is 6. The van der Waals surface area contributed by atoms with Crippen molar-refractivity contribution in [1.82, 2.24) is 4.57 Å². The minimum atomic E-state index is -5.66. The van der Waals surface area contributed by atoms with Crippen LogP contribution >= 0.6 is 11.8 Å². The first-order chi connectivity index (χ1) is 19.4. The summed E-state index contributed by atoms with van der Waals surface area (Å²) in [5.41, 5.74) is -1.09. The van der Waals surface area contributed by atoms with Crippen LogP contribution in [-0.4, -0.2) is 41.8 Å². The van der Waals surface area contributed by atoms with Crippen molar-refractivity contribution in [1.29, 1.82) is 0 Å². The third-order valence-corrected chi connectivity index (χ3v) is 8.69. The number of nitrogens with zero attached hydrogens (tertiary/aromatic N) is 1. The van der Waals surface area contributed by atoms with Gasteiger partial charge in [0, 0.05) is 50.8 Å². The number of hydrogen-bond donors (Lipinski definition) is 0. The fourth-order valence-corrected chi connectivity index (χ4v) is 6.33. The van der Waals surface area contributed by atoms with Crippen LogP contribution in [0.4, 0.5) is 26.3 Å². The molecule has 1 saturated heterocycles. The van der Waals surface area contributed by atoms with Crippen LogP contribution < -0.4 is 0 Å². The summed E-state index contributed by atoms with van der Waals surface area (Å²) in [5, 5.41) is 0.194. The Balaban J connectivity index is 1.65. The van der Waals surface area contributed by atoms with Gasteiger partial charge in [-0.3, -0.25) is 0 Å². The highest BCUT2D eigenvalue weighted by atomic mass is 32.2. The van der Waals surface area contributed by atoms with Crippen molar-refractivity contribution in [2.24, 2.45) is 7.05 Å². The highest BCUT2D eigenvalue weighted by molar-refractivity contribution is 7.98. The number of para-hydroxylation sites is 1. The average molecular weight is 590 g/mol. The van der Waals surface area contributed by atoms with Crippen LogP contribution in [0.15, 0.2) is 71.6 Å². The molecule has 1 aliphatic carbocycles. The number of aromatic nitrogens is 1. The molecule has 0 spiro atoms. The van der Waals surface area contributed by atoms with Crippen LogP contribution in [0.3, 0.4) is 0 Å². The van der Waals surface area contributed by atoms with Gasteiger partial charge in [-0.05, 0) is 54.1 Å². The molecule has 214 valence electrons. The van der Waals surface area contributed by atoms with Gasteiger partial charge in [-0.2, -0.15) is 26.3 Å². The normalized spacial score (nSPS) is 19.9. The molecule has 1 aliphatic heterocycles. The average Bonchev–Trinajstić information content (AvgIpc) is 3.61. The predicted octanol–water partition coefficient (Wildman–Crippen LogP) is 8.75. The van der Waals surface area contributed by atoms with Crippen molar-refractivity contribution >= 4 is 33.8 Å². The smallest absolute Gasteiger partial charge is 0.347 e. The maximum absolute atomic E-state index is 15.8. The fourth-order valence-electron chi connectivity index (χ4n) is 5.75. The van der Waals surface area contributed by atoms with Gasteiger partial charge in [0.1, 0.15) is 0 Å². The molecule has 1 aromatic heterocycles. The Morgan fingerprint density at radius 1 is 0.805 bits per heavy atom. The summed E-state index contributed by atoms with van der Waals surface area (Å²) < 4.78 is 106. The Morgan fingerprint density at radius 3 is 2.17 bits per heavy atom. The molecule has 0 bridgehead atoms. The lowest BCUT2D eigenvalue weighted by Crippen LogP contribution is -2.49. The number of thioether (sulfide) groups is 1. The minimum absolute atomic E-state index is 0.172. The van der Waals surface area contributed by atoms with Crippen molar-refractivity contribution in [3.8, 4) is 11.1 Å². The maximum atomic E-state index is 15.8. The van der Waals surface area contributed by atoms with Gasteiger partial charge < -0.3 is 14.0 Å². The van der Waals surface area contributed by atoms with Crippen LogP contribution in [0.5, 0.6) is 0 Å². The minimum Gasteiger partial charge on any atom is -0.347 e. The lowest BCUT2D eigenvalue weighted by atomic mass is 9.91. The summed E-state index contributed by atoms with van der Waals surface area (Å²) in [7, 11) is 1.59. The maximum Gasteiger partial charge on any atom is 0.380 e. The summed E-state index contributed by atoms with van der Waals surface area (Å²) >= 11 is 1.02. The van der Waals surface area contributed by atoms with Crippen LogP contribution in [0.1, 0.15) is 28.7 Å². The molecule has 4 aromatic rings. The Morgan fingerprint density at radius 2 is 1.46 bits per heavy atom. The number of benzene rings is 3. The van der Waals surface area contributed by atoms with Crippen molar-refractivity contribution in [2.45, 2.75) is 35.9 Å². The third-order valence-electron chi connectivity index (χ3n) is 7.90. The number of aryl methyl sites for hydroxylation is 1. The Hall–Kier alpha value is -3.21. The first kappa shape index (κ1) is 27.9. The molecule has 2 heterocycles. The van der Waals surface area contributed by atoms with Crippen molar-refractivity contribution in [3.63, 3.8) is 0 Å². The molecule has 0 radical (unpaired) electrons. The van der Waals surface area contributed by atoms with Crippen molar-refractivity contribution in [2.75, 3.05) is 19.5 Å². The van der Waals surface area contributed by atoms with Gasteiger partial charge in [-0.25, -0.2) is 0 Å². The molecular weight excluding hydrogens is 564 g/mol. The largest absolute Gasteiger partial charge is 0.380 e. The van der Waals surface area contributed by atoms with E-state index in [1.807, 2.05) is 0 Å². The van der Waals surface area contributed by atoms with Gasteiger partial charge in [0.25, 0.3) is 0 Å². The molecule has 6 rings (SSSR count). The standard InChI is InChI=1S/C31H25F6NO2S/c1-17-25(21-9-4-5-10-23(21)38(17)2)27-26(29(32,33)31(36,37)30(27,34)35)22-16-19(11-12-24(22)41-3)18-7-6-8-20(15-18)28-39-13-14-40-28/h4-12,15-16,28H,13-14H2,1-3H3. The molecule has 0 unspecified atom stereocenters. The van der Waals surface area contributed by atoms with E-state index in [1.165, 1.54) is 25.1 Å². The molecule has 3 aromatic carbocycles. The van der Waals surface area contributed by atoms with Gasteiger partial charge in [0.15, 0.2) is 6.29 Å². The lowest BCUT2D eigenvalue weighted by Gasteiger charge is -2.26. The molecule has 41 heavy (non-hydrogen) atoms. The van der Waals surface area contributed by atoms with Crippen molar-refractivity contribution in [3.05, 3.63) is 89.1 Å². The second kappa shape index (κ2) is 9.68. The van der Waals surface area contributed by atoms with E-state index < -0.39 is 35.2 Å². The first-order valence-electron chi connectivity index (χ1n) is 12.9. The molecule has 1 fully saturated rings. The van der Waals surface area contributed by atoms with Gasteiger partial charge in [0.05, 0.1) is 13.2 Å². The molecule has 0 saturated carbocycles. The molecule has 3 nitrogen and oxygen atoms in total. The molecule has 10 heteroatoms. The molecule has 0 atom stereocenters. The van der Waals surface area contributed by atoms with E-state index in [2.05, 4.69) is 0 Å². The van der Waals surface area contributed by atoms with Crippen LogP contribution in [0.2, 0.25) is 0 Å². The number of rotatable bonds is 5. The van der Waals surface area contributed by atoms with Crippen LogP contribution in [-0.2, 0) is 16.5 Å². The lowest BCUT2D eigenvalue weighted by molar-refractivity contribution is -0.254. The van der Waals surface area contributed by atoms with Gasteiger partial charge in [0.2, 0.25) is 0 Å². The van der Waals surface area contributed by atoms with E-state index in [9.17, 15) is 0 Å². The topological polar surface area (TPSA) is 23.4 Å². The number of hydrogen-bond acceptors (Lipinski definition) is 3. The van der Waals surface area contributed by atoms with Gasteiger partial charge in [-0.1, -0.05) is 42.5 Å². The second-order valence-corrected chi connectivity index (χ2v) is 11.0. The molecule has 2 aliphatic rings. The van der Waals surface area contributed by atoms with Gasteiger partial charge >= 0.3 is 17.8 Å². The van der Waals surface area contributed by atoms with E-state index in [4.69, 9.17) is 9.47 Å². The number of fused-ring (bicyclic) bond motifs is 1. The number of allylic oxidation sites excluding steroid dienone is 2. The van der Waals surface area contributed by atoms with E-state index in [0.717, 1.165) is 11.8 Å².